The molecule has 7 nitrogen and oxygen atoms in total. The molecule has 0 spiro atoms. The number of fused-ring (bicyclic) bond motifs is 1. The molecule has 1 aromatic heterocycles. The number of anilines is 1. The van der Waals surface area contributed by atoms with Gasteiger partial charge >= 0.3 is 6.03 Å². The monoisotopic (exact) mass is 487 g/mol. The second-order valence-corrected chi connectivity index (χ2v) is 9.19. The van der Waals surface area contributed by atoms with E-state index in [2.05, 4.69) is 74.0 Å². The molecule has 2 amide bonds. The molecule has 5 rings (SSSR count). The van der Waals surface area contributed by atoms with E-state index in [1.807, 2.05) is 18.2 Å². The molecule has 0 saturated carbocycles. The number of carbonyl (C=O) groups is 1. The van der Waals surface area contributed by atoms with Crippen LogP contribution in [0.2, 0.25) is 0 Å². The quantitative estimate of drug-likeness (QED) is 0.424. The van der Waals surface area contributed by atoms with Gasteiger partial charge in [0.25, 0.3) is 0 Å². The molecule has 3 aromatic carbocycles. The molecule has 2 heterocycles. The van der Waals surface area contributed by atoms with Crippen molar-refractivity contribution >= 4 is 39.5 Å². The van der Waals surface area contributed by atoms with E-state index in [4.69, 9.17) is 9.73 Å². The lowest BCUT2D eigenvalue weighted by Crippen LogP contribution is -2.36. The molecule has 0 aliphatic carbocycles. The van der Waals surface area contributed by atoms with Crippen LogP contribution in [0.1, 0.15) is 0 Å². The van der Waals surface area contributed by atoms with Crippen LogP contribution >= 0.6 is 11.3 Å². The fourth-order valence-corrected chi connectivity index (χ4v) is 5.21. The van der Waals surface area contributed by atoms with Crippen LogP contribution in [-0.2, 0) is 11.3 Å². The Morgan fingerprint density at radius 2 is 1.80 bits per heavy atom. The SMILES string of the molecule is CNC(=O)NCCn1c(-c2ccc(N3CCOCC3)cc2)csc1=Nc1ccc2ccccc2c1. The minimum Gasteiger partial charge on any atom is -0.378 e. The molecule has 1 aliphatic heterocycles. The Bertz CT molecular complexity index is 1370. The highest BCUT2D eigenvalue weighted by atomic mass is 32.1. The van der Waals surface area contributed by atoms with Crippen molar-refractivity contribution in [2.24, 2.45) is 4.99 Å². The van der Waals surface area contributed by atoms with Crippen molar-refractivity contribution in [3.8, 4) is 11.3 Å². The summed E-state index contributed by atoms with van der Waals surface area (Å²) in [6, 6.07) is 23.0. The van der Waals surface area contributed by atoms with Crippen molar-refractivity contribution in [3.05, 3.63) is 76.9 Å². The highest BCUT2D eigenvalue weighted by Gasteiger charge is 2.13. The molecule has 1 aliphatic rings. The number of thiazole rings is 1. The van der Waals surface area contributed by atoms with E-state index < -0.39 is 0 Å². The molecule has 35 heavy (non-hydrogen) atoms. The summed E-state index contributed by atoms with van der Waals surface area (Å²) in [4.78, 5) is 19.9. The van der Waals surface area contributed by atoms with Crippen molar-refractivity contribution in [2.45, 2.75) is 6.54 Å². The summed E-state index contributed by atoms with van der Waals surface area (Å²) in [6.45, 7) is 4.48. The first-order valence-corrected chi connectivity index (χ1v) is 12.7. The summed E-state index contributed by atoms with van der Waals surface area (Å²) < 4.78 is 7.66. The molecule has 8 heteroatoms. The molecule has 0 radical (unpaired) electrons. The predicted molar refractivity (Wildman–Crippen MR) is 142 cm³/mol. The van der Waals surface area contributed by atoms with Crippen LogP contribution in [0, 0.1) is 0 Å². The molecule has 0 bridgehead atoms. The molecular weight excluding hydrogens is 458 g/mol. The average Bonchev–Trinajstić information content (AvgIpc) is 3.31. The molecule has 1 saturated heterocycles. The van der Waals surface area contributed by atoms with Gasteiger partial charge in [-0.3, -0.25) is 0 Å². The maximum Gasteiger partial charge on any atom is 0.314 e. The Morgan fingerprint density at radius 1 is 1.03 bits per heavy atom. The summed E-state index contributed by atoms with van der Waals surface area (Å²) in [5, 5.41) is 10.00. The molecular formula is C27H29N5O2S. The molecule has 2 N–H and O–H groups in total. The second-order valence-electron chi connectivity index (χ2n) is 8.35. The number of nitrogens with zero attached hydrogens (tertiary/aromatic N) is 3. The van der Waals surface area contributed by atoms with Gasteiger partial charge in [-0.15, -0.1) is 11.3 Å². The van der Waals surface area contributed by atoms with Gasteiger partial charge in [0.1, 0.15) is 0 Å². The van der Waals surface area contributed by atoms with Crippen molar-refractivity contribution in [1.82, 2.24) is 15.2 Å². The number of hydrogen-bond acceptors (Lipinski definition) is 5. The Kier molecular flexibility index (Phi) is 7.11. The van der Waals surface area contributed by atoms with Gasteiger partial charge in [0.05, 0.1) is 24.6 Å². The van der Waals surface area contributed by atoms with Crippen LogP contribution in [0.3, 0.4) is 0 Å². The first-order valence-electron chi connectivity index (χ1n) is 11.8. The number of hydrogen-bond donors (Lipinski definition) is 2. The fraction of sp³-hybridized carbons (Fsp3) is 0.259. The molecule has 0 atom stereocenters. The highest BCUT2D eigenvalue weighted by molar-refractivity contribution is 7.07. The number of amides is 2. The van der Waals surface area contributed by atoms with Gasteiger partial charge < -0.3 is 24.8 Å². The van der Waals surface area contributed by atoms with Gasteiger partial charge in [0.2, 0.25) is 0 Å². The zero-order valence-electron chi connectivity index (χ0n) is 19.7. The topological polar surface area (TPSA) is 70.9 Å². The number of urea groups is 1. The van der Waals surface area contributed by atoms with E-state index in [1.165, 1.54) is 11.1 Å². The first-order chi connectivity index (χ1) is 17.2. The van der Waals surface area contributed by atoms with Crippen LogP contribution in [0.4, 0.5) is 16.2 Å². The Morgan fingerprint density at radius 3 is 2.57 bits per heavy atom. The van der Waals surface area contributed by atoms with Gasteiger partial charge in [-0.25, -0.2) is 9.79 Å². The standard InChI is InChI=1S/C27H29N5O2S/c1-28-26(33)29-12-13-32-25(21-7-10-24(11-8-21)31-14-16-34-17-15-31)19-35-27(32)30-23-9-6-20-4-2-3-5-22(20)18-23/h2-11,18-19H,12-17H2,1H3,(H2,28,29,33). The van der Waals surface area contributed by atoms with Gasteiger partial charge in [0, 0.05) is 44.3 Å². The maximum absolute atomic E-state index is 11.7. The zero-order chi connectivity index (χ0) is 24.0. The smallest absolute Gasteiger partial charge is 0.314 e. The van der Waals surface area contributed by atoms with Gasteiger partial charge in [0.15, 0.2) is 4.80 Å². The third-order valence-corrected chi connectivity index (χ3v) is 7.01. The Balaban J connectivity index is 1.48. The van der Waals surface area contributed by atoms with E-state index >= 15 is 0 Å². The molecule has 180 valence electrons. The van der Waals surface area contributed by atoms with Crippen molar-refractivity contribution < 1.29 is 9.53 Å². The Labute approximate surface area is 208 Å². The summed E-state index contributed by atoms with van der Waals surface area (Å²) in [7, 11) is 1.62. The number of morpholine rings is 1. The van der Waals surface area contributed by atoms with Crippen LogP contribution in [0.15, 0.2) is 77.1 Å². The maximum atomic E-state index is 11.7. The molecule has 0 unspecified atom stereocenters. The van der Waals surface area contributed by atoms with Crippen molar-refractivity contribution in [3.63, 3.8) is 0 Å². The normalized spacial score (nSPS) is 14.3. The number of ether oxygens (including phenoxy) is 1. The summed E-state index contributed by atoms with van der Waals surface area (Å²) >= 11 is 1.61. The predicted octanol–water partition coefficient (Wildman–Crippen LogP) is 4.37. The number of aromatic nitrogens is 1. The van der Waals surface area contributed by atoms with E-state index in [0.717, 1.165) is 53.4 Å². The zero-order valence-corrected chi connectivity index (χ0v) is 20.6. The summed E-state index contributed by atoms with van der Waals surface area (Å²) in [6.07, 6.45) is 0. The number of rotatable bonds is 6. The van der Waals surface area contributed by atoms with E-state index in [9.17, 15) is 4.79 Å². The molecule has 1 fully saturated rings. The number of benzene rings is 3. The summed E-state index contributed by atoms with van der Waals surface area (Å²) in [5.41, 5.74) is 4.33. The third kappa shape index (κ3) is 5.39. The highest BCUT2D eigenvalue weighted by Crippen LogP contribution is 2.25. The summed E-state index contributed by atoms with van der Waals surface area (Å²) in [5.74, 6) is 0. The van der Waals surface area contributed by atoms with E-state index in [1.54, 1.807) is 18.4 Å². The first kappa shape index (κ1) is 23.1. The second kappa shape index (κ2) is 10.8. The van der Waals surface area contributed by atoms with Crippen LogP contribution < -0.4 is 20.3 Å². The van der Waals surface area contributed by atoms with Crippen LogP contribution in [0.25, 0.3) is 22.0 Å². The lowest BCUT2D eigenvalue weighted by Gasteiger charge is -2.28. The van der Waals surface area contributed by atoms with Crippen molar-refractivity contribution in [1.29, 1.82) is 0 Å². The minimum atomic E-state index is -0.190. The minimum absolute atomic E-state index is 0.190. The van der Waals surface area contributed by atoms with E-state index in [-0.39, 0.29) is 6.03 Å². The van der Waals surface area contributed by atoms with Gasteiger partial charge in [-0.2, -0.15) is 0 Å². The van der Waals surface area contributed by atoms with Crippen LogP contribution in [0.5, 0.6) is 0 Å². The molecule has 4 aromatic rings. The lowest BCUT2D eigenvalue weighted by molar-refractivity contribution is 0.122. The third-order valence-electron chi connectivity index (χ3n) is 6.14. The van der Waals surface area contributed by atoms with Gasteiger partial charge in [-0.05, 0) is 40.6 Å². The number of carbonyl (C=O) groups excluding carboxylic acids is 1. The van der Waals surface area contributed by atoms with Crippen molar-refractivity contribution in [2.75, 3.05) is 44.8 Å². The Hall–Kier alpha value is -3.62. The van der Waals surface area contributed by atoms with Crippen LogP contribution in [-0.4, -0.2) is 50.5 Å². The van der Waals surface area contributed by atoms with Gasteiger partial charge in [-0.1, -0.05) is 42.5 Å². The number of nitrogens with one attached hydrogen (secondary N) is 2. The van der Waals surface area contributed by atoms with E-state index in [0.29, 0.717) is 13.1 Å². The lowest BCUT2D eigenvalue weighted by atomic mass is 10.1. The largest absolute Gasteiger partial charge is 0.378 e. The average molecular weight is 488 g/mol. The fourth-order valence-electron chi connectivity index (χ4n) is 4.26.